The number of benzene rings is 1. The van der Waals surface area contributed by atoms with Crippen LogP contribution in [0.2, 0.25) is 0 Å². The Labute approximate surface area is 135 Å². The molecule has 7 heteroatoms. The number of hydrogen-bond donors (Lipinski definition) is 2. The molecule has 0 radical (unpaired) electrons. The first-order chi connectivity index (χ1) is 10.5. The molecular weight excluding hydrogens is 350 g/mol. The number of carbonyl (C=O) groups excluding carboxylic acids is 2. The summed E-state index contributed by atoms with van der Waals surface area (Å²) in [5.41, 5.74) is 5.49. The Bertz CT molecular complexity index is 740. The van der Waals surface area contributed by atoms with Crippen LogP contribution in [0.1, 0.15) is 15.9 Å². The second-order valence-electron chi connectivity index (χ2n) is 4.67. The number of pyridine rings is 1. The van der Waals surface area contributed by atoms with Gasteiger partial charge in [0.1, 0.15) is 5.56 Å². The monoisotopic (exact) mass is 363 g/mol. The smallest absolute Gasteiger partial charge is 0.260 e. The summed E-state index contributed by atoms with van der Waals surface area (Å²) in [4.78, 5) is 39.1. The van der Waals surface area contributed by atoms with Gasteiger partial charge in [0.2, 0.25) is 5.91 Å². The predicted molar refractivity (Wildman–Crippen MR) is 85.1 cm³/mol. The van der Waals surface area contributed by atoms with Crippen LogP contribution in [0.3, 0.4) is 0 Å². The Kier molecular flexibility index (Phi) is 5.11. The number of carbonyl (C=O) groups is 2. The summed E-state index contributed by atoms with van der Waals surface area (Å²) in [6.07, 6.45) is 1.44. The molecule has 3 N–H and O–H groups in total. The molecular formula is C15H14BrN3O3. The molecule has 0 unspecified atom stereocenters. The van der Waals surface area contributed by atoms with Crippen LogP contribution in [0.15, 0.2) is 51.9 Å². The molecule has 1 aromatic carbocycles. The number of H-pyrrole nitrogens is 1. The van der Waals surface area contributed by atoms with Gasteiger partial charge in [-0.2, -0.15) is 0 Å². The molecule has 2 amide bonds. The molecule has 114 valence electrons. The largest absolute Gasteiger partial charge is 0.368 e. The van der Waals surface area contributed by atoms with Crippen LogP contribution in [0.5, 0.6) is 0 Å². The Morgan fingerprint density at radius 1 is 1.18 bits per heavy atom. The number of amides is 2. The first kappa shape index (κ1) is 16.0. The first-order valence-corrected chi connectivity index (χ1v) is 7.26. The Hall–Kier alpha value is -2.41. The summed E-state index contributed by atoms with van der Waals surface area (Å²) < 4.78 is 0.906. The van der Waals surface area contributed by atoms with E-state index in [9.17, 15) is 14.4 Å². The van der Waals surface area contributed by atoms with Crippen molar-refractivity contribution in [3.8, 4) is 0 Å². The van der Waals surface area contributed by atoms with Gasteiger partial charge in [-0.25, -0.2) is 0 Å². The summed E-state index contributed by atoms with van der Waals surface area (Å²) in [7, 11) is 0. The van der Waals surface area contributed by atoms with Gasteiger partial charge in [-0.1, -0.05) is 28.1 Å². The zero-order valence-electron chi connectivity index (χ0n) is 11.6. The minimum absolute atomic E-state index is 0.0270. The topological polar surface area (TPSA) is 96.3 Å². The lowest BCUT2D eigenvalue weighted by Gasteiger charge is -2.21. The number of nitrogens with two attached hydrogens (primary N) is 1. The second-order valence-corrected chi connectivity index (χ2v) is 5.58. The van der Waals surface area contributed by atoms with Crippen LogP contribution < -0.4 is 11.3 Å². The molecule has 0 spiro atoms. The van der Waals surface area contributed by atoms with E-state index in [-0.39, 0.29) is 18.7 Å². The molecule has 1 aromatic heterocycles. The van der Waals surface area contributed by atoms with Crippen LogP contribution in [-0.4, -0.2) is 28.2 Å². The van der Waals surface area contributed by atoms with E-state index in [1.165, 1.54) is 17.2 Å². The molecule has 0 fully saturated rings. The van der Waals surface area contributed by atoms with Gasteiger partial charge in [0, 0.05) is 17.2 Å². The average Bonchev–Trinajstić information content (AvgIpc) is 2.48. The second kappa shape index (κ2) is 7.04. The molecule has 6 nitrogen and oxygen atoms in total. The maximum absolute atomic E-state index is 12.5. The predicted octanol–water partition coefficient (Wildman–Crippen LogP) is 1.27. The lowest BCUT2D eigenvalue weighted by Crippen LogP contribution is -2.40. The van der Waals surface area contributed by atoms with Crippen molar-refractivity contribution >= 4 is 27.7 Å². The number of nitrogens with one attached hydrogen (secondary N) is 1. The van der Waals surface area contributed by atoms with Gasteiger partial charge < -0.3 is 15.6 Å². The highest BCUT2D eigenvalue weighted by molar-refractivity contribution is 9.10. The Morgan fingerprint density at radius 3 is 2.45 bits per heavy atom. The van der Waals surface area contributed by atoms with Crippen molar-refractivity contribution in [3.63, 3.8) is 0 Å². The van der Waals surface area contributed by atoms with Crippen molar-refractivity contribution in [2.45, 2.75) is 6.54 Å². The summed E-state index contributed by atoms with van der Waals surface area (Å²) >= 11 is 3.33. The van der Waals surface area contributed by atoms with E-state index in [1.54, 1.807) is 6.07 Å². The molecule has 0 aliphatic carbocycles. The zero-order chi connectivity index (χ0) is 16.1. The highest BCUT2D eigenvalue weighted by Gasteiger charge is 2.20. The minimum Gasteiger partial charge on any atom is -0.368 e. The number of nitrogens with zero attached hydrogens (tertiary/aromatic N) is 1. The molecule has 0 atom stereocenters. The summed E-state index contributed by atoms with van der Waals surface area (Å²) in [6, 6.07) is 10.3. The molecule has 2 aromatic rings. The van der Waals surface area contributed by atoms with E-state index in [2.05, 4.69) is 20.9 Å². The van der Waals surface area contributed by atoms with Gasteiger partial charge in [-0.3, -0.25) is 14.4 Å². The van der Waals surface area contributed by atoms with Crippen LogP contribution in [-0.2, 0) is 11.3 Å². The normalized spacial score (nSPS) is 10.2. The van der Waals surface area contributed by atoms with Gasteiger partial charge in [0.05, 0.1) is 6.54 Å². The molecule has 0 aliphatic rings. The van der Waals surface area contributed by atoms with Crippen molar-refractivity contribution in [2.24, 2.45) is 5.73 Å². The van der Waals surface area contributed by atoms with Gasteiger partial charge in [-0.05, 0) is 29.8 Å². The van der Waals surface area contributed by atoms with Crippen molar-refractivity contribution in [1.29, 1.82) is 0 Å². The van der Waals surface area contributed by atoms with E-state index in [0.29, 0.717) is 0 Å². The van der Waals surface area contributed by atoms with Crippen molar-refractivity contribution in [1.82, 2.24) is 9.88 Å². The van der Waals surface area contributed by atoms with Crippen molar-refractivity contribution < 1.29 is 9.59 Å². The van der Waals surface area contributed by atoms with E-state index in [1.807, 2.05) is 24.3 Å². The van der Waals surface area contributed by atoms with Gasteiger partial charge >= 0.3 is 0 Å². The third kappa shape index (κ3) is 4.05. The third-order valence-corrected chi connectivity index (χ3v) is 3.50. The van der Waals surface area contributed by atoms with Crippen LogP contribution >= 0.6 is 15.9 Å². The highest BCUT2D eigenvalue weighted by Crippen LogP contribution is 2.13. The van der Waals surface area contributed by atoms with Crippen molar-refractivity contribution in [2.75, 3.05) is 6.54 Å². The van der Waals surface area contributed by atoms with Crippen LogP contribution in [0.4, 0.5) is 0 Å². The van der Waals surface area contributed by atoms with E-state index < -0.39 is 17.4 Å². The van der Waals surface area contributed by atoms with Gasteiger partial charge in [0.25, 0.3) is 11.5 Å². The van der Waals surface area contributed by atoms with Crippen molar-refractivity contribution in [3.05, 3.63) is 68.5 Å². The average molecular weight is 364 g/mol. The summed E-state index contributed by atoms with van der Waals surface area (Å²) in [5, 5.41) is 0. The molecule has 2 rings (SSSR count). The Balaban J connectivity index is 2.27. The quantitative estimate of drug-likeness (QED) is 0.836. The van der Waals surface area contributed by atoms with Gasteiger partial charge in [-0.15, -0.1) is 0 Å². The zero-order valence-corrected chi connectivity index (χ0v) is 13.2. The maximum atomic E-state index is 12.5. The Morgan fingerprint density at radius 2 is 1.86 bits per heavy atom. The summed E-state index contributed by atoms with van der Waals surface area (Å²) in [5.74, 6) is -1.18. The van der Waals surface area contributed by atoms with Gasteiger partial charge in [0.15, 0.2) is 0 Å². The SMILES string of the molecule is NC(=O)CN(Cc1ccc(Br)cc1)C(=O)c1ccc[nH]c1=O. The molecule has 22 heavy (non-hydrogen) atoms. The van der Waals surface area contributed by atoms with E-state index in [4.69, 9.17) is 5.73 Å². The van der Waals surface area contributed by atoms with E-state index in [0.717, 1.165) is 10.0 Å². The number of primary amides is 1. The number of rotatable bonds is 5. The lowest BCUT2D eigenvalue weighted by molar-refractivity contribution is -0.118. The fourth-order valence-electron chi connectivity index (χ4n) is 1.96. The van der Waals surface area contributed by atoms with Crippen LogP contribution in [0, 0.1) is 0 Å². The number of halogens is 1. The number of hydrogen-bond acceptors (Lipinski definition) is 3. The fraction of sp³-hybridized carbons (Fsp3) is 0.133. The molecule has 0 bridgehead atoms. The number of aromatic nitrogens is 1. The van der Waals surface area contributed by atoms with E-state index >= 15 is 0 Å². The highest BCUT2D eigenvalue weighted by atomic mass is 79.9. The molecule has 0 aliphatic heterocycles. The fourth-order valence-corrected chi connectivity index (χ4v) is 2.22. The molecule has 0 saturated heterocycles. The molecule has 0 saturated carbocycles. The molecule has 1 heterocycles. The summed E-state index contributed by atoms with van der Waals surface area (Å²) in [6.45, 7) is -0.0768. The van der Waals surface area contributed by atoms with Crippen LogP contribution in [0.25, 0.3) is 0 Å². The standard InChI is InChI=1S/C15H14BrN3O3/c16-11-5-3-10(4-6-11)8-19(9-13(17)20)15(22)12-2-1-7-18-14(12)21/h1-7H,8-9H2,(H2,17,20)(H,18,21). The maximum Gasteiger partial charge on any atom is 0.260 e. The lowest BCUT2D eigenvalue weighted by atomic mass is 10.2. The number of aromatic amines is 1. The minimum atomic E-state index is -0.641. The first-order valence-electron chi connectivity index (χ1n) is 6.47. The third-order valence-electron chi connectivity index (χ3n) is 2.97.